The van der Waals surface area contributed by atoms with E-state index in [1.54, 1.807) is 12.1 Å². The smallest absolute Gasteiger partial charge is 0.241 e. The molecule has 0 unspecified atom stereocenters. The van der Waals surface area contributed by atoms with E-state index < -0.39 is 15.8 Å². The Balaban J connectivity index is 2.27. The fourth-order valence-electron chi connectivity index (χ4n) is 1.80. The van der Waals surface area contributed by atoms with Crippen LogP contribution in [0.25, 0.3) is 0 Å². The van der Waals surface area contributed by atoms with Crippen LogP contribution in [-0.2, 0) is 16.6 Å². The molecule has 0 atom stereocenters. The van der Waals surface area contributed by atoms with Crippen molar-refractivity contribution in [3.63, 3.8) is 0 Å². The molecule has 3 N–H and O–H groups in total. The molecule has 0 aliphatic carbocycles. The van der Waals surface area contributed by atoms with Crippen LogP contribution in [0.15, 0.2) is 47.4 Å². The number of anilines is 1. The van der Waals surface area contributed by atoms with Crippen molar-refractivity contribution in [3.05, 3.63) is 59.4 Å². The van der Waals surface area contributed by atoms with Gasteiger partial charge in [-0.25, -0.2) is 17.5 Å². The number of sulfonamides is 1. The maximum absolute atomic E-state index is 13.6. The highest BCUT2D eigenvalue weighted by atomic mass is 32.2. The van der Waals surface area contributed by atoms with Gasteiger partial charge in [0.2, 0.25) is 10.0 Å². The second-order valence-electron chi connectivity index (χ2n) is 4.44. The van der Waals surface area contributed by atoms with Crippen LogP contribution < -0.4 is 10.5 Å². The van der Waals surface area contributed by atoms with E-state index in [0.29, 0.717) is 0 Å². The van der Waals surface area contributed by atoms with Crippen molar-refractivity contribution in [2.45, 2.75) is 18.4 Å². The monoisotopic (exact) mass is 294 g/mol. The van der Waals surface area contributed by atoms with E-state index in [1.165, 1.54) is 13.0 Å². The van der Waals surface area contributed by atoms with Gasteiger partial charge in [0.1, 0.15) is 5.82 Å². The highest BCUT2D eigenvalue weighted by Gasteiger charge is 2.19. The van der Waals surface area contributed by atoms with Gasteiger partial charge in [0, 0.05) is 17.8 Å². The van der Waals surface area contributed by atoms with E-state index in [1.807, 2.05) is 18.2 Å². The van der Waals surface area contributed by atoms with Gasteiger partial charge in [-0.1, -0.05) is 30.3 Å². The molecule has 0 aliphatic heterocycles. The molecule has 4 nitrogen and oxygen atoms in total. The second kappa shape index (κ2) is 5.60. The molecule has 106 valence electrons. The number of hydrogen-bond donors (Lipinski definition) is 2. The largest absolute Gasteiger partial charge is 0.399 e. The summed E-state index contributed by atoms with van der Waals surface area (Å²) in [6.07, 6.45) is 0. The highest BCUT2D eigenvalue weighted by Crippen LogP contribution is 2.21. The highest BCUT2D eigenvalue weighted by molar-refractivity contribution is 7.89. The van der Waals surface area contributed by atoms with Crippen molar-refractivity contribution in [1.29, 1.82) is 0 Å². The van der Waals surface area contributed by atoms with Gasteiger partial charge in [-0.15, -0.1) is 0 Å². The topological polar surface area (TPSA) is 72.2 Å². The van der Waals surface area contributed by atoms with Crippen molar-refractivity contribution in [3.8, 4) is 0 Å². The zero-order valence-electron chi connectivity index (χ0n) is 10.9. The molecule has 0 saturated carbocycles. The Morgan fingerprint density at radius 1 is 1.20 bits per heavy atom. The fraction of sp³-hybridized carbons (Fsp3) is 0.143. The predicted octanol–water partition coefficient (Wildman–Crippen LogP) is 2.19. The number of benzene rings is 2. The maximum Gasteiger partial charge on any atom is 0.241 e. The molecule has 20 heavy (non-hydrogen) atoms. The van der Waals surface area contributed by atoms with E-state index in [2.05, 4.69) is 4.72 Å². The molecule has 0 aliphatic rings. The number of nitrogen functional groups attached to an aromatic ring is 1. The van der Waals surface area contributed by atoms with Crippen LogP contribution in [0.2, 0.25) is 0 Å². The molecule has 0 aromatic heterocycles. The lowest BCUT2D eigenvalue weighted by Gasteiger charge is -2.11. The molecule has 0 bridgehead atoms. The van der Waals surface area contributed by atoms with E-state index in [-0.39, 0.29) is 22.7 Å². The summed E-state index contributed by atoms with van der Waals surface area (Å²) >= 11 is 0. The van der Waals surface area contributed by atoms with E-state index in [9.17, 15) is 12.8 Å². The Bertz CT molecular complexity index is 715. The quantitative estimate of drug-likeness (QED) is 0.849. The lowest BCUT2D eigenvalue weighted by atomic mass is 10.2. The first-order valence-electron chi connectivity index (χ1n) is 5.99. The van der Waals surface area contributed by atoms with E-state index in [4.69, 9.17) is 5.73 Å². The van der Waals surface area contributed by atoms with Crippen molar-refractivity contribution in [1.82, 2.24) is 4.72 Å². The minimum absolute atomic E-state index is 0.0553. The SMILES string of the molecule is Cc1c(F)cc(N)cc1S(=O)(=O)NCc1ccccc1. The molecule has 2 aromatic rings. The van der Waals surface area contributed by atoms with Crippen molar-refractivity contribution < 1.29 is 12.8 Å². The summed E-state index contributed by atoms with van der Waals surface area (Å²) < 4.78 is 40.4. The van der Waals surface area contributed by atoms with Gasteiger partial charge in [0.05, 0.1) is 4.90 Å². The summed E-state index contributed by atoms with van der Waals surface area (Å²) in [4.78, 5) is -0.133. The van der Waals surface area contributed by atoms with Gasteiger partial charge in [-0.05, 0) is 24.6 Å². The standard InChI is InChI=1S/C14H15FN2O2S/c1-10-13(15)7-12(16)8-14(10)20(18,19)17-9-11-5-3-2-4-6-11/h2-8,17H,9,16H2,1H3. The minimum Gasteiger partial charge on any atom is -0.399 e. The minimum atomic E-state index is -3.80. The number of rotatable bonds is 4. The Morgan fingerprint density at radius 3 is 2.50 bits per heavy atom. The Kier molecular flexibility index (Phi) is 4.06. The summed E-state index contributed by atoms with van der Waals surface area (Å²) in [5, 5.41) is 0. The van der Waals surface area contributed by atoms with Crippen LogP contribution in [0.1, 0.15) is 11.1 Å². The van der Waals surface area contributed by atoms with Gasteiger partial charge in [0.15, 0.2) is 0 Å². The average Bonchev–Trinajstić information content (AvgIpc) is 2.42. The average molecular weight is 294 g/mol. The fourth-order valence-corrected chi connectivity index (χ4v) is 3.11. The molecule has 0 fully saturated rings. The molecule has 0 spiro atoms. The van der Waals surface area contributed by atoms with Crippen LogP contribution >= 0.6 is 0 Å². The third-order valence-electron chi connectivity index (χ3n) is 2.92. The van der Waals surface area contributed by atoms with Crippen molar-refractivity contribution in [2.24, 2.45) is 0 Å². The number of nitrogens with one attached hydrogen (secondary N) is 1. The van der Waals surface area contributed by atoms with Gasteiger partial charge in [-0.2, -0.15) is 0 Å². The third-order valence-corrected chi connectivity index (χ3v) is 4.45. The molecule has 0 radical (unpaired) electrons. The number of nitrogens with two attached hydrogens (primary N) is 1. The summed E-state index contributed by atoms with van der Waals surface area (Å²) in [6.45, 7) is 1.55. The van der Waals surface area contributed by atoms with Gasteiger partial charge >= 0.3 is 0 Å². The molecule has 0 amide bonds. The van der Waals surface area contributed by atoms with Gasteiger partial charge < -0.3 is 5.73 Å². The zero-order valence-corrected chi connectivity index (χ0v) is 11.7. The summed E-state index contributed by atoms with van der Waals surface area (Å²) in [7, 11) is -3.80. The van der Waals surface area contributed by atoms with Crippen LogP contribution in [0.3, 0.4) is 0 Å². The number of halogens is 1. The number of hydrogen-bond acceptors (Lipinski definition) is 3. The van der Waals surface area contributed by atoms with Crippen LogP contribution in [0.4, 0.5) is 10.1 Å². The van der Waals surface area contributed by atoms with E-state index >= 15 is 0 Å². The lowest BCUT2D eigenvalue weighted by Crippen LogP contribution is -2.24. The first-order chi connectivity index (χ1) is 9.40. The molecule has 6 heteroatoms. The van der Waals surface area contributed by atoms with E-state index in [0.717, 1.165) is 11.6 Å². The Labute approximate surface area is 117 Å². The summed E-state index contributed by atoms with van der Waals surface area (Å²) in [6, 6.07) is 11.4. The molecular formula is C14H15FN2O2S. The van der Waals surface area contributed by atoms with Gasteiger partial charge in [-0.3, -0.25) is 0 Å². The summed E-state index contributed by atoms with van der Waals surface area (Å²) in [5.74, 6) is -0.634. The molecule has 2 aromatic carbocycles. The second-order valence-corrected chi connectivity index (χ2v) is 6.17. The summed E-state index contributed by atoms with van der Waals surface area (Å²) in [5.41, 5.74) is 6.45. The molecule has 2 rings (SSSR count). The lowest BCUT2D eigenvalue weighted by molar-refractivity contribution is 0.574. The molecule has 0 heterocycles. The van der Waals surface area contributed by atoms with Crippen molar-refractivity contribution in [2.75, 3.05) is 5.73 Å². The third kappa shape index (κ3) is 3.15. The predicted molar refractivity (Wildman–Crippen MR) is 76.0 cm³/mol. The zero-order chi connectivity index (χ0) is 14.8. The van der Waals surface area contributed by atoms with Crippen molar-refractivity contribution >= 4 is 15.7 Å². The Hall–Kier alpha value is -1.92. The normalized spacial score (nSPS) is 11.5. The first kappa shape index (κ1) is 14.5. The molecular weight excluding hydrogens is 279 g/mol. The molecule has 0 saturated heterocycles. The maximum atomic E-state index is 13.6. The first-order valence-corrected chi connectivity index (χ1v) is 7.47. The van der Waals surface area contributed by atoms with Crippen LogP contribution in [-0.4, -0.2) is 8.42 Å². The Morgan fingerprint density at radius 2 is 1.85 bits per heavy atom. The van der Waals surface area contributed by atoms with Crippen LogP contribution in [0, 0.1) is 12.7 Å². The van der Waals surface area contributed by atoms with Crippen LogP contribution in [0.5, 0.6) is 0 Å². The van der Waals surface area contributed by atoms with Gasteiger partial charge in [0.25, 0.3) is 0 Å².